The van der Waals surface area contributed by atoms with Gasteiger partial charge < -0.3 is 10.6 Å². The maximum absolute atomic E-state index is 9.57. The van der Waals surface area contributed by atoms with Gasteiger partial charge in [0.15, 0.2) is 0 Å². The first-order valence-electron chi connectivity index (χ1n) is 9.96. The molecule has 2 aliphatic rings. The molecule has 3 rings (SSSR count). The molecule has 1 fully saturated rings. The molecule has 3 heteroatoms. The average molecular weight is 338 g/mol. The smallest absolute Gasteiger partial charge is 0.0966 e. The molecule has 0 amide bonds. The molecule has 1 saturated heterocycles. The fourth-order valence-electron chi connectivity index (χ4n) is 4.91. The predicted molar refractivity (Wildman–Crippen MR) is 104 cm³/mol. The minimum absolute atomic E-state index is 0.153. The summed E-state index contributed by atoms with van der Waals surface area (Å²) in [4.78, 5) is 2.61. The van der Waals surface area contributed by atoms with E-state index in [1.54, 1.807) is 0 Å². The number of anilines is 1. The van der Waals surface area contributed by atoms with Gasteiger partial charge in [-0.15, -0.1) is 0 Å². The Labute approximate surface area is 152 Å². The number of hydrogen-bond acceptors (Lipinski definition) is 3. The van der Waals surface area contributed by atoms with E-state index in [4.69, 9.17) is 5.73 Å². The van der Waals surface area contributed by atoms with Crippen molar-refractivity contribution in [3.8, 4) is 6.07 Å². The highest BCUT2D eigenvalue weighted by atomic mass is 15.3. The van der Waals surface area contributed by atoms with Crippen molar-refractivity contribution in [2.24, 2.45) is 5.73 Å². The van der Waals surface area contributed by atoms with E-state index < -0.39 is 0 Å². The number of para-hydroxylation sites is 1. The van der Waals surface area contributed by atoms with Crippen LogP contribution < -0.4 is 10.6 Å². The van der Waals surface area contributed by atoms with Crippen molar-refractivity contribution < 1.29 is 0 Å². The summed E-state index contributed by atoms with van der Waals surface area (Å²) in [5.41, 5.74) is 9.45. The van der Waals surface area contributed by atoms with Gasteiger partial charge in [0.25, 0.3) is 0 Å². The van der Waals surface area contributed by atoms with Crippen molar-refractivity contribution in [2.75, 3.05) is 4.90 Å². The highest BCUT2D eigenvalue weighted by Gasteiger charge is 2.47. The molecule has 1 aliphatic heterocycles. The van der Waals surface area contributed by atoms with Crippen LogP contribution in [0.25, 0.3) is 0 Å². The first-order chi connectivity index (χ1) is 12.2. The van der Waals surface area contributed by atoms with Crippen LogP contribution in [0, 0.1) is 11.3 Å². The molecule has 0 radical (unpaired) electrons. The number of hydrogen-bond donors (Lipinski definition) is 1. The van der Waals surface area contributed by atoms with Gasteiger partial charge in [-0.05, 0) is 57.1 Å². The number of rotatable bonds is 5. The lowest BCUT2D eigenvalue weighted by atomic mass is 9.71. The van der Waals surface area contributed by atoms with Crippen LogP contribution in [0.3, 0.4) is 0 Å². The maximum atomic E-state index is 9.57. The Morgan fingerprint density at radius 2 is 1.96 bits per heavy atom. The zero-order valence-corrected chi connectivity index (χ0v) is 15.5. The summed E-state index contributed by atoms with van der Waals surface area (Å²) in [6, 6.07) is 13.7. The van der Waals surface area contributed by atoms with E-state index in [0.29, 0.717) is 6.04 Å². The second-order valence-electron chi connectivity index (χ2n) is 7.64. The summed E-state index contributed by atoms with van der Waals surface area (Å²) in [6.45, 7) is 2.26. The lowest BCUT2D eigenvalue weighted by Gasteiger charge is -2.55. The van der Waals surface area contributed by atoms with Crippen LogP contribution in [0.4, 0.5) is 5.69 Å². The van der Waals surface area contributed by atoms with Crippen LogP contribution in [0.1, 0.15) is 71.1 Å². The summed E-state index contributed by atoms with van der Waals surface area (Å²) in [7, 11) is 0. The molecule has 1 aromatic carbocycles. The van der Waals surface area contributed by atoms with Gasteiger partial charge in [0, 0.05) is 17.4 Å². The first kappa shape index (κ1) is 17.9. The van der Waals surface area contributed by atoms with Crippen LogP contribution in [-0.2, 0) is 0 Å². The quantitative estimate of drug-likeness (QED) is 0.743. The summed E-state index contributed by atoms with van der Waals surface area (Å²) in [6.07, 6.45) is 11.5. The van der Waals surface area contributed by atoms with Crippen LogP contribution in [0.2, 0.25) is 0 Å². The molecule has 0 saturated carbocycles. The molecular formula is C22H31N3. The van der Waals surface area contributed by atoms with Crippen LogP contribution >= 0.6 is 0 Å². The van der Waals surface area contributed by atoms with Gasteiger partial charge in [0.05, 0.1) is 17.2 Å². The van der Waals surface area contributed by atoms with Crippen molar-refractivity contribution in [1.82, 2.24) is 0 Å². The molecule has 25 heavy (non-hydrogen) atoms. The normalized spacial score (nSPS) is 26.7. The van der Waals surface area contributed by atoms with Gasteiger partial charge in [-0.25, -0.2) is 0 Å². The molecular weight excluding hydrogens is 306 g/mol. The monoisotopic (exact) mass is 337 g/mol. The first-order valence-corrected chi connectivity index (χ1v) is 9.96. The zero-order chi connectivity index (χ0) is 17.7. The van der Waals surface area contributed by atoms with Crippen molar-refractivity contribution in [1.29, 1.82) is 5.26 Å². The number of nitrogens with zero attached hydrogens (tertiary/aromatic N) is 2. The molecule has 0 aromatic heterocycles. The fraction of sp³-hybridized carbons (Fsp3) is 0.591. The van der Waals surface area contributed by atoms with Gasteiger partial charge in [-0.3, -0.25) is 0 Å². The van der Waals surface area contributed by atoms with Gasteiger partial charge in [-0.2, -0.15) is 5.26 Å². The van der Waals surface area contributed by atoms with E-state index in [2.05, 4.69) is 48.2 Å². The SMILES string of the molecule is CCCCC[C@@H]1CCC[C@]2(CCCC(C#N)=C2N)N1c1ccccc1. The van der Waals surface area contributed by atoms with Gasteiger partial charge in [-0.1, -0.05) is 44.4 Å². The number of unbranched alkanes of at least 4 members (excludes halogenated alkanes) is 2. The lowest BCUT2D eigenvalue weighted by molar-refractivity contribution is 0.258. The van der Waals surface area contributed by atoms with Crippen molar-refractivity contribution >= 4 is 5.69 Å². The lowest BCUT2D eigenvalue weighted by Crippen LogP contribution is -2.60. The van der Waals surface area contributed by atoms with Crippen LogP contribution in [0.5, 0.6) is 0 Å². The van der Waals surface area contributed by atoms with E-state index in [1.165, 1.54) is 44.2 Å². The highest BCUT2D eigenvalue weighted by molar-refractivity contribution is 5.56. The highest BCUT2D eigenvalue weighted by Crippen LogP contribution is 2.47. The third kappa shape index (κ3) is 3.40. The molecule has 0 bridgehead atoms. The molecule has 2 atom stereocenters. The number of nitriles is 1. The molecule has 1 heterocycles. The second-order valence-corrected chi connectivity index (χ2v) is 7.64. The van der Waals surface area contributed by atoms with Crippen LogP contribution in [-0.4, -0.2) is 11.6 Å². The molecule has 2 N–H and O–H groups in total. The number of allylic oxidation sites excluding steroid dienone is 1. The second kappa shape index (κ2) is 7.95. The zero-order valence-electron chi connectivity index (χ0n) is 15.5. The van der Waals surface area contributed by atoms with E-state index in [1.807, 2.05) is 0 Å². The third-order valence-electron chi connectivity index (χ3n) is 6.11. The van der Waals surface area contributed by atoms with Crippen molar-refractivity contribution in [3.05, 3.63) is 41.6 Å². The average Bonchev–Trinajstić information content (AvgIpc) is 2.65. The standard InChI is InChI=1S/C22H31N3/c1-2-3-5-11-20-14-9-16-22(15-8-10-18(17-23)21(22)24)25(20)19-12-6-4-7-13-19/h4,6-7,12-13,20H,2-3,5,8-11,14-16,24H2,1H3/t20-,22+/m1/s1. The number of nitrogens with two attached hydrogens (primary N) is 1. The predicted octanol–water partition coefficient (Wildman–Crippen LogP) is 5.28. The molecule has 1 spiro atoms. The Bertz CT molecular complexity index is 643. The minimum Gasteiger partial charge on any atom is -0.399 e. The Kier molecular flexibility index (Phi) is 5.68. The fourth-order valence-corrected chi connectivity index (χ4v) is 4.91. The van der Waals surface area contributed by atoms with Gasteiger partial charge >= 0.3 is 0 Å². The summed E-state index contributed by atoms with van der Waals surface area (Å²) < 4.78 is 0. The maximum Gasteiger partial charge on any atom is 0.0966 e. The van der Waals surface area contributed by atoms with Crippen LogP contribution in [0.15, 0.2) is 41.6 Å². The topological polar surface area (TPSA) is 53.1 Å². The number of benzene rings is 1. The van der Waals surface area contributed by atoms with Crippen molar-refractivity contribution in [2.45, 2.75) is 82.7 Å². The molecule has 1 aromatic rings. The summed E-state index contributed by atoms with van der Waals surface area (Å²) >= 11 is 0. The summed E-state index contributed by atoms with van der Waals surface area (Å²) in [5.74, 6) is 0. The molecule has 3 nitrogen and oxygen atoms in total. The van der Waals surface area contributed by atoms with Gasteiger partial charge in [0.1, 0.15) is 0 Å². The Morgan fingerprint density at radius 3 is 2.68 bits per heavy atom. The molecule has 1 aliphatic carbocycles. The van der Waals surface area contributed by atoms with E-state index in [-0.39, 0.29) is 5.54 Å². The van der Waals surface area contributed by atoms with E-state index >= 15 is 0 Å². The van der Waals surface area contributed by atoms with Crippen molar-refractivity contribution in [3.63, 3.8) is 0 Å². The Balaban J connectivity index is 2.02. The summed E-state index contributed by atoms with van der Waals surface area (Å²) in [5, 5.41) is 9.57. The third-order valence-corrected chi connectivity index (χ3v) is 6.11. The van der Waals surface area contributed by atoms with E-state index in [9.17, 15) is 5.26 Å². The Morgan fingerprint density at radius 1 is 1.20 bits per heavy atom. The number of piperidine rings is 1. The minimum atomic E-state index is -0.153. The van der Waals surface area contributed by atoms with Gasteiger partial charge in [0.2, 0.25) is 0 Å². The van der Waals surface area contributed by atoms with E-state index in [0.717, 1.165) is 37.0 Å². The molecule has 134 valence electrons. The molecule has 0 unspecified atom stereocenters. The largest absolute Gasteiger partial charge is 0.399 e. The Hall–Kier alpha value is -1.95.